The Labute approximate surface area is 212 Å². The van der Waals surface area contributed by atoms with Crippen molar-refractivity contribution >= 4 is 35.0 Å². The van der Waals surface area contributed by atoms with Crippen molar-refractivity contribution in [3.05, 3.63) is 82.2 Å². The van der Waals surface area contributed by atoms with E-state index in [-0.39, 0.29) is 23.3 Å². The Kier molecular flexibility index (Phi) is 8.79. The summed E-state index contributed by atoms with van der Waals surface area (Å²) in [6.07, 6.45) is 1.68. The Balaban J connectivity index is 1.65. The Hall–Kier alpha value is -4.19. The minimum atomic E-state index is -0.487. The van der Waals surface area contributed by atoms with Crippen molar-refractivity contribution in [1.82, 2.24) is 20.1 Å². The first kappa shape index (κ1) is 26.4. The van der Waals surface area contributed by atoms with Crippen LogP contribution in [0.1, 0.15) is 34.7 Å². The number of hydrogen-bond acceptors (Lipinski definition) is 8. The lowest BCUT2D eigenvalue weighted by Crippen LogP contribution is -2.28. The van der Waals surface area contributed by atoms with Gasteiger partial charge in [-0.15, -0.1) is 16.8 Å². The molecule has 0 aliphatic rings. The molecule has 1 atom stereocenters. The number of anilines is 1. The molecule has 2 N–H and O–H groups in total. The van der Waals surface area contributed by atoms with E-state index in [2.05, 4.69) is 27.4 Å². The number of non-ortho nitro benzene ring substituents is 1. The van der Waals surface area contributed by atoms with E-state index in [0.717, 1.165) is 0 Å². The molecule has 0 fully saturated rings. The molecule has 0 unspecified atom stereocenters. The van der Waals surface area contributed by atoms with E-state index < -0.39 is 11.0 Å². The Morgan fingerprint density at radius 1 is 1.25 bits per heavy atom. The van der Waals surface area contributed by atoms with Gasteiger partial charge in [0.15, 0.2) is 11.0 Å². The van der Waals surface area contributed by atoms with Crippen molar-refractivity contribution in [3.63, 3.8) is 0 Å². The number of allylic oxidation sites excluding steroid dienone is 1. The van der Waals surface area contributed by atoms with E-state index in [0.29, 0.717) is 40.1 Å². The Morgan fingerprint density at radius 2 is 1.97 bits per heavy atom. The van der Waals surface area contributed by atoms with Gasteiger partial charge < -0.3 is 19.9 Å². The number of nitro benzene ring substituents is 1. The van der Waals surface area contributed by atoms with E-state index >= 15 is 0 Å². The molecule has 36 heavy (non-hydrogen) atoms. The minimum absolute atomic E-state index is 0.0400. The summed E-state index contributed by atoms with van der Waals surface area (Å²) < 4.78 is 6.90. The summed E-state index contributed by atoms with van der Waals surface area (Å²) >= 11 is 1.18. The maximum atomic E-state index is 12.7. The third kappa shape index (κ3) is 6.48. The number of carbonyl (C=O) groups is 2. The predicted octanol–water partition coefficient (Wildman–Crippen LogP) is 3.91. The number of rotatable bonds is 11. The van der Waals surface area contributed by atoms with Gasteiger partial charge in [0.25, 0.3) is 11.6 Å². The fraction of sp³-hybridized carbons (Fsp3) is 0.250. The van der Waals surface area contributed by atoms with Crippen molar-refractivity contribution in [2.45, 2.75) is 31.6 Å². The first-order valence-electron chi connectivity index (χ1n) is 10.9. The largest absolute Gasteiger partial charge is 0.497 e. The molecule has 11 nitrogen and oxygen atoms in total. The quantitative estimate of drug-likeness (QED) is 0.171. The van der Waals surface area contributed by atoms with Crippen LogP contribution in [0.15, 0.2) is 60.3 Å². The molecular formula is C24H26N6O5S. The molecule has 1 aromatic heterocycles. The summed E-state index contributed by atoms with van der Waals surface area (Å²) in [6.45, 7) is 7.64. The number of amides is 2. The molecule has 0 aliphatic carbocycles. The van der Waals surface area contributed by atoms with Crippen LogP contribution in [0, 0.1) is 17.0 Å². The summed E-state index contributed by atoms with van der Waals surface area (Å²) in [6, 6.07) is 10.5. The molecule has 2 amide bonds. The first-order chi connectivity index (χ1) is 17.2. The molecule has 0 saturated heterocycles. The fourth-order valence-electron chi connectivity index (χ4n) is 3.33. The number of aromatic nitrogens is 3. The SMILES string of the molecule is C=CCn1c(SCC(=O)Nc2ccc([N+](=O)[O-])cc2C)nnc1[C@H](C)NC(=O)c1ccc(OC)cc1. The number of thioether (sulfide) groups is 1. The van der Waals surface area contributed by atoms with Crippen LogP contribution in [0.2, 0.25) is 0 Å². The molecule has 0 saturated carbocycles. The van der Waals surface area contributed by atoms with Crippen LogP contribution in [0.4, 0.5) is 11.4 Å². The third-order valence-corrected chi connectivity index (χ3v) is 6.14. The maximum Gasteiger partial charge on any atom is 0.269 e. The number of hydrogen-bond donors (Lipinski definition) is 2. The zero-order chi connectivity index (χ0) is 26.2. The monoisotopic (exact) mass is 510 g/mol. The van der Waals surface area contributed by atoms with E-state index in [1.807, 2.05) is 0 Å². The number of ether oxygens (including phenoxy) is 1. The smallest absolute Gasteiger partial charge is 0.269 e. The van der Waals surface area contributed by atoms with E-state index in [4.69, 9.17) is 4.74 Å². The van der Waals surface area contributed by atoms with Gasteiger partial charge in [0.05, 0.1) is 23.8 Å². The van der Waals surface area contributed by atoms with Crippen LogP contribution in [0.5, 0.6) is 5.75 Å². The molecule has 3 rings (SSSR count). The number of aryl methyl sites for hydroxylation is 1. The van der Waals surface area contributed by atoms with Crippen molar-refractivity contribution in [1.29, 1.82) is 0 Å². The van der Waals surface area contributed by atoms with Gasteiger partial charge in [-0.3, -0.25) is 19.7 Å². The summed E-state index contributed by atoms with van der Waals surface area (Å²) in [5, 5.41) is 25.5. The summed E-state index contributed by atoms with van der Waals surface area (Å²) in [5.74, 6) is 0.640. The van der Waals surface area contributed by atoms with Crippen molar-refractivity contribution < 1.29 is 19.2 Å². The summed E-state index contributed by atoms with van der Waals surface area (Å²) in [4.78, 5) is 35.6. The second-order valence-corrected chi connectivity index (χ2v) is 8.70. The van der Waals surface area contributed by atoms with E-state index in [9.17, 15) is 19.7 Å². The van der Waals surface area contributed by atoms with Crippen LogP contribution in [-0.4, -0.2) is 44.4 Å². The summed E-state index contributed by atoms with van der Waals surface area (Å²) in [5.41, 5.74) is 1.51. The van der Waals surface area contributed by atoms with Crippen molar-refractivity contribution in [3.8, 4) is 5.75 Å². The van der Waals surface area contributed by atoms with Crippen LogP contribution in [0.25, 0.3) is 0 Å². The highest BCUT2D eigenvalue weighted by Gasteiger charge is 2.21. The van der Waals surface area contributed by atoms with Gasteiger partial charge in [0, 0.05) is 29.9 Å². The number of benzene rings is 2. The molecule has 2 aromatic carbocycles. The lowest BCUT2D eigenvalue weighted by Gasteiger charge is -2.15. The van der Waals surface area contributed by atoms with E-state index in [1.54, 1.807) is 55.9 Å². The average Bonchev–Trinajstić information content (AvgIpc) is 3.26. The van der Waals surface area contributed by atoms with Gasteiger partial charge in [-0.05, 0) is 49.7 Å². The number of carbonyl (C=O) groups excluding carboxylic acids is 2. The normalized spacial score (nSPS) is 11.4. The third-order valence-electron chi connectivity index (χ3n) is 5.17. The highest BCUT2D eigenvalue weighted by atomic mass is 32.2. The van der Waals surface area contributed by atoms with E-state index in [1.165, 1.54) is 30.0 Å². The van der Waals surface area contributed by atoms with Crippen molar-refractivity contribution in [2.75, 3.05) is 18.2 Å². The number of nitrogens with one attached hydrogen (secondary N) is 2. The van der Waals surface area contributed by atoms with Gasteiger partial charge in [0.2, 0.25) is 5.91 Å². The molecule has 12 heteroatoms. The van der Waals surface area contributed by atoms with Crippen LogP contribution in [0.3, 0.4) is 0 Å². The Bertz CT molecular complexity index is 1270. The first-order valence-corrected chi connectivity index (χ1v) is 11.9. The highest BCUT2D eigenvalue weighted by Crippen LogP contribution is 2.24. The zero-order valence-electron chi connectivity index (χ0n) is 20.1. The van der Waals surface area contributed by atoms with Crippen molar-refractivity contribution in [2.24, 2.45) is 0 Å². The van der Waals surface area contributed by atoms with Gasteiger partial charge in [-0.25, -0.2) is 0 Å². The molecule has 0 spiro atoms. The molecule has 0 radical (unpaired) electrons. The molecule has 188 valence electrons. The number of nitro groups is 1. The number of methoxy groups -OCH3 is 1. The zero-order valence-corrected chi connectivity index (χ0v) is 20.9. The van der Waals surface area contributed by atoms with Crippen LogP contribution in [-0.2, 0) is 11.3 Å². The highest BCUT2D eigenvalue weighted by molar-refractivity contribution is 7.99. The lowest BCUT2D eigenvalue weighted by molar-refractivity contribution is -0.384. The molecule has 3 aromatic rings. The second kappa shape index (κ2) is 12.0. The van der Waals surface area contributed by atoms with Gasteiger partial charge in [-0.2, -0.15) is 0 Å². The standard InChI is InChI=1S/C24H26N6O5S/c1-5-12-29-22(16(3)25-23(32)17-6-9-19(35-4)10-7-17)27-28-24(29)36-14-21(31)26-20-11-8-18(30(33)34)13-15(20)2/h5-11,13,16H,1,12,14H2,2-4H3,(H,25,32)(H,26,31)/t16-/m0/s1. The summed E-state index contributed by atoms with van der Waals surface area (Å²) in [7, 11) is 1.56. The van der Waals surface area contributed by atoms with Gasteiger partial charge >= 0.3 is 0 Å². The molecule has 0 aliphatic heterocycles. The lowest BCUT2D eigenvalue weighted by atomic mass is 10.2. The molecule has 0 bridgehead atoms. The van der Waals surface area contributed by atoms with Crippen LogP contribution >= 0.6 is 11.8 Å². The molecule has 1 heterocycles. The predicted molar refractivity (Wildman–Crippen MR) is 136 cm³/mol. The maximum absolute atomic E-state index is 12.7. The number of nitrogens with zero attached hydrogens (tertiary/aromatic N) is 4. The minimum Gasteiger partial charge on any atom is -0.497 e. The average molecular weight is 511 g/mol. The topological polar surface area (TPSA) is 141 Å². The van der Waals surface area contributed by atoms with Gasteiger partial charge in [-0.1, -0.05) is 17.8 Å². The Morgan fingerprint density at radius 3 is 2.58 bits per heavy atom. The fourth-order valence-corrected chi connectivity index (χ4v) is 4.09. The second-order valence-electron chi connectivity index (χ2n) is 7.76. The van der Waals surface area contributed by atoms with Gasteiger partial charge in [0.1, 0.15) is 5.75 Å². The van der Waals surface area contributed by atoms with Crippen LogP contribution < -0.4 is 15.4 Å². The molecular weight excluding hydrogens is 484 g/mol.